The van der Waals surface area contributed by atoms with Crippen molar-refractivity contribution >= 4 is 34.0 Å². The zero-order chi connectivity index (χ0) is 19.0. The van der Waals surface area contributed by atoms with E-state index in [0.29, 0.717) is 16.2 Å². The molecule has 27 heavy (non-hydrogen) atoms. The molecule has 0 saturated heterocycles. The number of rotatable bonds is 4. The van der Waals surface area contributed by atoms with Crippen LogP contribution in [0.25, 0.3) is 22.2 Å². The number of halogens is 1. The van der Waals surface area contributed by atoms with Crippen molar-refractivity contribution in [2.45, 2.75) is 19.8 Å². The fourth-order valence-electron chi connectivity index (χ4n) is 3.08. The number of aromatic amines is 2. The van der Waals surface area contributed by atoms with E-state index in [4.69, 9.17) is 11.6 Å². The minimum absolute atomic E-state index is 0.135. The van der Waals surface area contributed by atoms with Gasteiger partial charge in [0.1, 0.15) is 0 Å². The van der Waals surface area contributed by atoms with Gasteiger partial charge in [-0.1, -0.05) is 37.6 Å². The summed E-state index contributed by atoms with van der Waals surface area (Å²) in [6.45, 7) is 4.07. The lowest BCUT2D eigenvalue weighted by molar-refractivity contribution is 0.820. The molecule has 0 unspecified atom stereocenters. The van der Waals surface area contributed by atoms with E-state index in [1.165, 1.54) is 0 Å². The molecular formula is C20H18ClN5O. The van der Waals surface area contributed by atoms with Crippen LogP contribution in [0, 0.1) is 0 Å². The maximum Gasteiger partial charge on any atom is 0.256 e. The smallest absolute Gasteiger partial charge is 0.256 e. The second kappa shape index (κ2) is 6.89. The number of H-pyrrole nitrogens is 2. The van der Waals surface area contributed by atoms with Crippen LogP contribution < -0.4 is 10.9 Å². The van der Waals surface area contributed by atoms with Crippen molar-refractivity contribution in [3.8, 4) is 11.1 Å². The summed E-state index contributed by atoms with van der Waals surface area (Å²) in [5.41, 5.74) is 4.40. The number of pyridine rings is 2. The SMILES string of the molecule is CC(C)c1[nH]c(=O)c(-c2cccc(Cl)c2)cc1Nc1ccnc2[nH]ncc12. The molecule has 4 aromatic rings. The van der Waals surface area contributed by atoms with Gasteiger partial charge in [0.2, 0.25) is 0 Å². The Morgan fingerprint density at radius 2 is 2.00 bits per heavy atom. The Morgan fingerprint density at radius 1 is 1.15 bits per heavy atom. The molecular weight excluding hydrogens is 362 g/mol. The summed E-state index contributed by atoms with van der Waals surface area (Å²) in [5, 5.41) is 11.8. The molecule has 0 spiro atoms. The molecule has 3 N–H and O–H groups in total. The van der Waals surface area contributed by atoms with Gasteiger partial charge in [0.15, 0.2) is 5.65 Å². The first-order valence-electron chi connectivity index (χ1n) is 8.61. The number of benzene rings is 1. The van der Waals surface area contributed by atoms with Gasteiger partial charge in [-0.15, -0.1) is 0 Å². The van der Waals surface area contributed by atoms with Crippen LogP contribution in [-0.4, -0.2) is 20.2 Å². The molecule has 0 aliphatic rings. The van der Waals surface area contributed by atoms with Gasteiger partial charge >= 0.3 is 0 Å². The minimum Gasteiger partial charge on any atom is -0.353 e. The van der Waals surface area contributed by atoms with Gasteiger partial charge in [0.25, 0.3) is 5.56 Å². The normalized spacial score (nSPS) is 11.3. The molecule has 0 fully saturated rings. The number of anilines is 2. The Kier molecular flexibility index (Phi) is 4.41. The van der Waals surface area contributed by atoms with E-state index in [1.54, 1.807) is 24.5 Å². The van der Waals surface area contributed by atoms with Crippen LogP contribution in [0.4, 0.5) is 11.4 Å². The Balaban J connectivity index is 1.86. The molecule has 136 valence electrons. The van der Waals surface area contributed by atoms with E-state index in [0.717, 1.165) is 28.0 Å². The quantitative estimate of drug-likeness (QED) is 0.473. The first kappa shape index (κ1) is 17.3. The molecule has 4 rings (SSSR count). The molecule has 7 heteroatoms. The number of fused-ring (bicyclic) bond motifs is 1. The summed E-state index contributed by atoms with van der Waals surface area (Å²) < 4.78 is 0. The van der Waals surface area contributed by atoms with Gasteiger partial charge in [0.05, 0.1) is 23.0 Å². The van der Waals surface area contributed by atoms with E-state index in [1.807, 2.05) is 38.1 Å². The maximum absolute atomic E-state index is 12.7. The van der Waals surface area contributed by atoms with Crippen molar-refractivity contribution in [3.63, 3.8) is 0 Å². The van der Waals surface area contributed by atoms with Gasteiger partial charge < -0.3 is 10.3 Å². The maximum atomic E-state index is 12.7. The van der Waals surface area contributed by atoms with E-state index < -0.39 is 0 Å². The summed E-state index contributed by atoms with van der Waals surface area (Å²) in [7, 11) is 0. The van der Waals surface area contributed by atoms with E-state index in [-0.39, 0.29) is 11.5 Å². The lowest BCUT2D eigenvalue weighted by Gasteiger charge is -2.16. The third-order valence-corrected chi connectivity index (χ3v) is 4.64. The van der Waals surface area contributed by atoms with Crippen LogP contribution in [-0.2, 0) is 0 Å². The molecule has 0 aliphatic carbocycles. The van der Waals surface area contributed by atoms with Crippen molar-refractivity contribution in [2.75, 3.05) is 5.32 Å². The van der Waals surface area contributed by atoms with E-state index >= 15 is 0 Å². The molecule has 0 atom stereocenters. The van der Waals surface area contributed by atoms with E-state index in [2.05, 4.69) is 25.5 Å². The van der Waals surface area contributed by atoms with Crippen molar-refractivity contribution in [1.29, 1.82) is 0 Å². The molecule has 0 radical (unpaired) electrons. The fourth-order valence-corrected chi connectivity index (χ4v) is 3.27. The Labute approximate surface area is 160 Å². The lowest BCUT2D eigenvalue weighted by atomic mass is 10.0. The number of nitrogens with one attached hydrogen (secondary N) is 3. The van der Waals surface area contributed by atoms with Gasteiger partial charge in [0, 0.05) is 22.5 Å². The second-order valence-corrected chi connectivity index (χ2v) is 7.06. The van der Waals surface area contributed by atoms with Gasteiger partial charge in [-0.05, 0) is 35.7 Å². The third kappa shape index (κ3) is 3.31. The van der Waals surface area contributed by atoms with Crippen LogP contribution >= 0.6 is 11.6 Å². The summed E-state index contributed by atoms with van der Waals surface area (Å²) in [5.74, 6) is 0.135. The molecule has 3 heterocycles. The monoisotopic (exact) mass is 379 g/mol. The molecule has 0 saturated carbocycles. The number of hydrogen-bond acceptors (Lipinski definition) is 4. The Bertz CT molecular complexity index is 1180. The average molecular weight is 380 g/mol. The summed E-state index contributed by atoms with van der Waals surface area (Å²) in [6, 6.07) is 11.0. The second-order valence-electron chi connectivity index (χ2n) is 6.62. The lowest BCUT2D eigenvalue weighted by Crippen LogP contribution is -2.15. The van der Waals surface area contributed by atoms with Crippen molar-refractivity contribution in [1.82, 2.24) is 20.2 Å². The van der Waals surface area contributed by atoms with Crippen molar-refractivity contribution in [3.05, 3.63) is 69.9 Å². The van der Waals surface area contributed by atoms with Crippen LogP contribution in [0.3, 0.4) is 0 Å². The third-order valence-electron chi connectivity index (χ3n) is 4.41. The summed E-state index contributed by atoms with van der Waals surface area (Å²) in [4.78, 5) is 20.0. The largest absolute Gasteiger partial charge is 0.353 e. The minimum atomic E-state index is -0.144. The highest BCUT2D eigenvalue weighted by Crippen LogP contribution is 2.31. The summed E-state index contributed by atoms with van der Waals surface area (Å²) >= 11 is 6.11. The first-order valence-corrected chi connectivity index (χ1v) is 8.99. The van der Waals surface area contributed by atoms with Gasteiger partial charge in [-0.3, -0.25) is 9.89 Å². The van der Waals surface area contributed by atoms with Gasteiger partial charge in [-0.2, -0.15) is 5.10 Å². The predicted molar refractivity (Wildman–Crippen MR) is 109 cm³/mol. The molecule has 0 amide bonds. The number of hydrogen-bond donors (Lipinski definition) is 3. The molecule has 1 aromatic carbocycles. The fraction of sp³-hybridized carbons (Fsp3) is 0.150. The summed E-state index contributed by atoms with van der Waals surface area (Å²) in [6.07, 6.45) is 3.44. The standard InChI is InChI=1S/C20H18ClN5O/c1-11(2)18-17(24-16-6-7-22-19-15(16)10-23-26-19)9-14(20(27)25-18)12-4-3-5-13(21)8-12/h3-11H,1-2H3,(H,25,27)(H2,22,23,24,26). The van der Waals surface area contributed by atoms with Crippen LogP contribution in [0.2, 0.25) is 5.02 Å². The van der Waals surface area contributed by atoms with Crippen molar-refractivity contribution < 1.29 is 0 Å². The highest BCUT2D eigenvalue weighted by Gasteiger charge is 2.15. The zero-order valence-electron chi connectivity index (χ0n) is 14.9. The van der Waals surface area contributed by atoms with E-state index in [9.17, 15) is 4.79 Å². The molecule has 3 aromatic heterocycles. The highest BCUT2D eigenvalue weighted by molar-refractivity contribution is 6.30. The molecule has 0 aliphatic heterocycles. The number of nitrogens with zero attached hydrogens (tertiary/aromatic N) is 2. The Morgan fingerprint density at radius 3 is 2.78 bits per heavy atom. The highest BCUT2D eigenvalue weighted by atomic mass is 35.5. The molecule has 6 nitrogen and oxygen atoms in total. The van der Waals surface area contributed by atoms with Crippen LogP contribution in [0.1, 0.15) is 25.5 Å². The van der Waals surface area contributed by atoms with Crippen LogP contribution in [0.15, 0.2) is 53.6 Å². The zero-order valence-corrected chi connectivity index (χ0v) is 15.6. The Hall–Kier alpha value is -3.12. The first-order chi connectivity index (χ1) is 13.0. The average Bonchev–Trinajstić information content (AvgIpc) is 3.12. The number of aromatic nitrogens is 4. The topological polar surface area (TPSA) is 86.5 Å². The van der Waals surface area contributed by atoms with Gasteiger partial charge in [-0.25, -0.2) is 4.98 Å². The predicted octanol–water partition coefficient (Wildman–Crippen LogP) is 4.83. The molecule has 0 bridgehead atoms. The van der Waals surface area contributed by atoms with Crippen LogP contribution in [0.5, 0.6) is 0 Å². The van der Waals surface area contributed by atoms with Crippen molar-refractivity contribution in [2.24, 2.45) is 0 Å².